The van der Waals surface area contributed by atoms with Gasteiger partial charge in [-0.05, 0) is 42.5 Å². The van der Waals surface area contributed by atoms with Crippen molar-refractivity contribution >= 4 is 22.0 Å². The number of fused-ring (bicyclic) bond motifs is 2. The van der Waals surface area contributed by atoms with Crippen molar-refractivity contribution in [2.45, 2.75) is 30.7 Å². The number of halogens is 1. The zero-order valence-corrected chi connectivity index (χ0v) is 9.75. The lowest BCUT2D eigenvalue weighted by Gasteiger charge is -2.08. The van der Waals surface area contributed by atoms with Gasteiger partial charge in [-0.25, -0.2) is 9.79 Å². The summed E-state index contributed by atoms with van der Waals surface area (Å²) >= 11 is 3.48. The van der Waals surface area contributed by atoms with Crippen LogP contribution in [-0.4, -0.2) is 12.1 Å². The van der Waals surface area contributed by atoms with Gasteiger partial charge in [-0.3, -0.25) is 0 Å². The van der Waals surface area contributed by atoms with Crippen molar-refractivity contribution in [2.75, 3.05) is 0 Å². The van der Waals surface area contributed by atoms with Crippen LogP contribution < -0.4 is 0 Å². The predicted molar refractivity (Wildman–Crippen MR) is 60.7 cm³/mol. The highest BCUT2D eigenvalue weighted by atomic mass is 79.9. The van der Waals surface area contributed by atoms with Crippen molar-refractivity contribution in [1.82, 2.24) is 0 Å². The summed E-state index contributed by atoms with van der Waals surface area (Å²) in [6.07, 6.45) is 4.96. The van der Waals surface area contributed by atoms with Crippen LogP contribution in [0.1, 0.15) is 24.0 Å². The van der Waals surface area contributed by atoms with E-state index in [9.17, 15) is 4.79 Å². The number of rotatable bonds is 1. The van der Waals surface area contributed by atoms with Crippen molar-refractivity contribution < 1.29 is 4.79 Å². The summed E-state index contributed by atoms with van der Waals surface area (Å²) in [4.78, 5) is 14.1. The van der Waals surface area contributed by atoms with Gasteiger partial charge in [0.25, 0.3) is 0 Å². The van der Waals surface area contributed by atoms with Crippen LogP contribution in [0.2, 0.25) is 0 Å². The highest BCUT2D eigenvalue weighted by molar-refractivity contribution is 9.10. The molecular weight excluding hydrogens is 254 g/mol. The Balaban J connectivity index is 2.03. The van der Waals surface area contributed by atoms with Crippen LogP contribution >= 0.6 is 15.9 Å². The van der Waals surface area contributed by atoms with Crippen LogP contribution in [0, 0.1) is 0 Å². The molecule has 76 valence electrons. The Morgan fingerprint density at radius 2 is 2.40 bits per heavy atom. The van der Waals surface area contributed by atoms with Crippen LogP contribution in [0.5, 0.6) is 0 Å². The first-order chi connectivity index (χ1) is 7.26. The van der Waals surface area contributed by atoms with Gasteiger partial charge in [-0.2, -0.15) is 0 Å². The molecule has 2 aliphatic carbocycles. The molecule has 0 bridgehead atoms. The average Bonchev–Trinajstić information content (AvgIpc) is 2.78. The van der Waals surface area contributed by atoms with E-state index in [0.29, 0.717) is 0 Å². The van der Waals surface area contributed by atoms with Crippen LogP contribution in [0.25, 0.3) is 0 Å². The first-order valence-corrected chi connectivity index (χ1v) is 5.91. The summed E-state index contributed by atoms with van der Waals surface area (Å²) in [5, 5.41) is 0. The third kappa shape index (κ3) is 1.23. The van der Waals surface area contributed by atoms with Gasteiger partial charge >= 0.3 is 0 Å². The zero-order chi connectivity index (χ0) is 10.5. The van der Waals surface area contributed by atoms with E-state index in [1.165, 1.54) is 11.1 Å². The summed E-state index contributed by atoms with van der Waals surface area (Å²) in [5.74, 6) is 0. The molecule has 3 rings (SSSR count). The lowest BCUT2D eigenvalue weighted by molar-refractivity contribution is 0.559. The second-order valence-electron chi connectivity index (χ2n) is 4.40. The summed E-state index contributed by atoms with van der Waals surface area (Å²) in [5.41, 5.74) is 3.00. The Morgan fingerprint density at radius 3 is 3.20 bits per heavy atom. The standard InChI is InChI=1S/C12H10BrNO/c13-9-1-2-10-8(5-9)3-4-12(10)6-11(12)14-7-15/h1-2,5,11H,3-4,6H2. The number of hydrogen-bond acceptors (Lipinski definition) is 2. The van der Waals surface area contributed by atoms with Crippen molar-refractivity contribution in [2.24, 2.45) is 4.99 Å². The third-order valence-electron chi connectivity index (χ3n) is 3.69. The van der Waals surface area contributed by atoms with Gasteiger partial charge in [0.05, 0.1) is 6.04 Å². The minimum Gasteiger partial charge on any atom is -0.211 e. The molecule has 2 aliphatic rings. The maximum atomic E-state index is 10.3. The van der Waals surface area contributed by atoms with E-state index in [1.54, 1.807) is 6.08 Å². The number of benzene rings is 1. The molecule has 1 aromatic carbocycles. The van der Waals surface area contributed by atoms with Gasteiger partial charge in [0.1, 0.15) is 0 Å². The number of isocyanates is 1. The first-order valence-electron chi connectivity index (χ1n) is 5.12. The minimum absolute atomic E-state index is 0.188. The molecule has 1 spiro atoms. The van der Waals surface area contributed by atoms with Gasteiger partial charge in [0, 0.05) is 9.89 Å². The lowest BCUT2D eigenvalue weighted by atomic mass is 9.98. The quantitative estimate of drug-likeness (QED) is 0.566. The van der Waals surface area contributed by atoms with Crippen LogP contribution in [-0.2, 0) is 16.6 Å². The first kappa shape index (κ1) is 9.32. The highest BCUT2D eigenvalue weighted by Crippen LogP contribution is 2.58. The molecule has 1 aromatic rings. The van der Waals surface area contributed by atoms with E-state index >= 15 is 0 Å². The lowest BCUT2D eigenvalue weighted by Crippen LogP contribution is -2.06. The maximum Gasteiger partial charge on any atom is 0.235 e. The second-order valence-corrected chi connectivity index (χ2v) is 5.31. The average molecular weight is 264 g/mol. The van der Waals surface area contributed by atoms with E-state index in [1.807, 2.05) is 0 Å². The largest absolute Gasteiger partial charge is 0.235 e. The maximum absolute atomic E-state index is 10.3. The molecule has 0 heterocycles. The molecular formula is C12H10BrNO. The predicted octanol–water partition coefficient (Wildman–Crippen LogP) is 2.74. The Kier molecular flexibility index (Phi) is 1.88. The number of carbonyl (C=O) groups excluding carboxylic acids is 1. The summed E-state index contributed by atoms with van der Waals surface area (Å²) in [6.45, 7) is 0. The molecule has 0 saturated heterocycles. The molecule has 0 radical (unpaired) electrons. The van der Waals surface area contributed by atoms with Gasteiger partial charge in [0.2, 0.25) is 6.08 Å². The second kappa shape index (κ2) is 3.03. The fraction of sp³-hybridized carbons (Fsp3) is 0.417. The normalized spacial score (nSPS) is 31.1. The van der Waals surface area contributed by atoms with Gasteiger partial charge in [0.15, 0.2) is 0 Å². The number of nitrogens with zero attached hydrogens (tertiary/aromatic N) is 1. The summed E-state index contributed by atoms with van der Waals surface area (Å²) in [6, 6.07) is 6.63. The Hall–Kier alpha value is -0.920. The molecule has 1 fully saturated rings. The SMILES string of the molecule is O=C=NC1CC12CCc1cc(Br)ccc12. The molecule has 0 amide bonds. The van der Waals surface area contributed by atoms with E-state index in [2.05, 4.69) is 39.1 Å². The smallest absolute Gasteiger partial charge is 0.211 e. The Bertz CT molecular complexity index is 479. The Labute approximate surface area is 96.5 Å². The molecule has 2 atom stereocenters. The van der Waals surface area contributed by atoms with Crippen LogP contribution in [0.3, 0.4) is 0 Å². The summed E-state index contributed by atoms with van der Waals surface area (Å²) in [7, 11) is 0. The zero-order valence-electron chi connectivity index (χ0n) is 8.16. The van der Waals surface area contributed by atoms with Gasteiger partial charge in [-0.1, -0.05) is 22.0 Å². The van der Waals surface area contributed by atoms with E-state index in [4.69, 9.17) is 0 Å². The van der Waals surface area contributed by atoms with Crippen LogP contribution in [0.4, 0.5) is 0 Å². The van der Waals surface area contributed by atoms with E-state index < -0.39 is 0 Å². The topological polar surface area (TPSA) is 29.4 Å². The fourth-order valence-electron chi connectivity index (χ4n) is 2.82. The number of aliphatic imine (C=N–C) groups is 1. The number of aryl methyl sites for hydroxylation is 1. The minimum atomic E-state index is 0.188. The molecule has 0 N–H and O–H groups in total. The highest BCUT2D eigenvalue weighted by Gasteiger charge is 2.58. The molecule has 15 heavy (non-hydrogen) atoms. The van der Waals surface area contributed by atoms with E-state index in [-0.39, 0.29) is 11.5 Å². The number of hydrogen-bond donors (Lipinski definition) is 0. The molecule has 2 unspecified atom stereocenters. The fourth-order valence-corrected chi connectivity index (χ4v) is 3.23. The molecule has 2 nitrogen and oxygen atoms in total. The summed E-state index contributed by atoms with van der Waals surface area (Å²) < 4.78 is 1.13. The monoisotopic (exact) mass is 263 g/mol. The Morgan fingerprint density at radius 1 is 1.53 bits per heavy atom. The van der Waals surface area contributed by atoms with Crippen molar-refractivity contribution in [3.63, 3.8) is 0 Å². The molecule has 1 saturated carbocycles. The van der Waals surface area contributed by atoms with Crippen molar-refractivity contribution in [3.8, 4) is 0 Å². The van der Waals surface area contributed by atoms with E-state index in [0.717, 1.165) is 23.7 Å². The molecule has 0 aliphatic heterocycles. The third-order valence-corrected chi connectivity index (χ3v) is 4.18. The molecule has 3 heteroatoms. The van der Waals surface area contributed by atoms with Crippen LogP contribution in [0.15, 0.2) is 27.7 Å². The van der Waals surface area contributed by atoms with Crippen molar-refractivity contribution in [3.05, 3.63) is 33.8 Å². The molecule has 0 aromatic heterocycles. The van der Waals surface area contributed by atoms with Crippen molar-refractivity contribution in [1.29, 1.82) is 0 Å². The van der Waals surface area contributed by atoms with Gasteiger partial charge < -0.3 is 0 Å². The van der Waals surface area contributed by atoms with Gasteiger partial charge in [-0.15, -0.1) is 0 Å².